The Morgan fingerprint density at radius 2 is 1.94 bits per heavy atom. The zero-order chi connectivity index (χ0) is 11.4. The van der Waals surface area contributed by atoms with Crippen LogP contribution in [0.5, 0.6) is 0 Å². The molecule has 0 aliphatic carbocycles. The molecular weight excluding hydrogens is 224 g/mol. The molecule has 1 fully saturated rings. The molecule has 88 valence electrons. The molecule has 0 amide bonds. The van der Waals surface area contributed by atoms with E-state index in [-0.39, 0.29) is 12.2 Å². The molecule has 1 aliphatic heterocycles. The van der Waals surface area contributed by atoms with Crippen LogP contribution in [-0.2, 0) is 9.47 Å². The lowest BCUT2D eigenvalue weighted by Crippen LogP contribution is -2.30. The summed E-state index contributed by atoms with van der Waals surface area (Å²) in [6.07, 6.45) is 2.55. The van der Waals surface area contributed by atoms with Crippen LogP contribution in [0, 0.1) is 0 Å². The summed E-state index contributed by atoms with van der Waals surface area (Å²) in [5.74, 6) is 0. The van der Waals surface area contributed by atoms with Gasteiger partial charge in [-0.05, 0) is 24.1 Å². The van der Waals surface area contributed by atoms with Crippen molar-refractivity contribution in [2.24, 2.45) is 0 Å². The predicted molar refractivity (Wildman–Crippen MR) is 64.8 cm³/mol. The van der Waals surface area contributed by atoms with E-state index in [1.54, 1.807) is 0 Å². The van der Waals surface area contributed by atoms with Crippen LogP contribution in [-0.4, -0.2) is 19.3 Å². The molecule has 1 heterocycles. The molecule has 1 saturated heterocycles. The van der Waals surface area contributed by atoms with E-state index < -0.39 is 0 Å². The van der Waals surface area contributed by atoms with E-state index in [0.717, 1.165) is 23.4 Å². The molecule has 0 radical (unpaired) electrons. The van der Waals surface area contributed by atoms with Crippen LogP contribution in [0.1, 0.15) is 31.4 Å². The minimum atomic E-state index is 0.0605. The Morgan fingerprint density at radius 3 is 2.50 bits per heavy atom. The number of hydrogen-bond acceptors (Lipinski definition) is 2. The number of hydrogen-bond donors (Lipinski definition) is 0. The molecule has 0 saturated carbocycles. The second-order valence-corrected chi connectivity index (χ2v) is 4.55. The van der Waals surface area contributed by atoms with Gasteiger partial charge in [-0.1, -0.05) is 37.1 Å². The van der Waals surface area contributed by atoms with Gasteiger partial charge in [0.1, 0.15) is 6.10 Å². The van der Waals surface area contributed by atoms with Crippen LogP contribution in [0.25, 0.3) is 0 Å². The van der Waals surface area contributed by atoms with Gasteiger partial charge in [0.25, 0.3) is 0 Å². The maximum absolute atomic E-state index is 5.84. The highest BCUT2D eigenvalue weighted by molar-refractivity contribution is 6.30. The highest BCUT2D eigenvalue weighted by Crippen LogP contribution is 2.25. The van der Waals surface area contributed by atoms with Crippen LogP contribution < -0.4 is 0 Å². The standard InChI is InChI=1S/C13H17ClO2/c1-2-3-12-8-16-13(9-15-12)10-4-6-11(14)7-5-10/h4-7,12-13H,2-3,8-9H2,1H3. The first kappa shape index (κ1) is 11.9. The summed E-state index contributed by atoms with van der Waals surface area (Å²) in [6, 6.07) is 7.77. The van der Waals surface area contributed by atoms with Gasteiger partial charge in [-0.25, -0.2) is 0 Å². The summed E-state index contributed by atoms with van der Waals surface area (Å²) >= 11 is 5.84. The minimum Gasteiger partial charge on any atom is -0.373 e. The van der Waals surface area contributed by atoms with Crippen molar-refractivity contribution in [2.75, 3.05) is 13.2 Å². The summed E-state index contributed by atoms with van der Waals surface area (Å²) in [4.78, 5) is 0. The van der Waals surface area contributed by atoms with Crippen molar-refractivity contribution in [1.82, 2.24) is 0 Å². The van der Waals surface area contributed by atoms with E-state index in [1.807, 2.05) is 24.3 Å². The van der Waals surface area contributed by atoms with Crippen LogP contribution in [0.3, 0.4) is 0 Å². The van der Waals surface area contributed by atoms with Crippen molar-refractivity contribution in [3.63, 3.8) is 0 Å². The lowest BCUT2D eigenvalue weighted by atomic mass is 10.1. The topological polar surface area (TPSA) is 18.5 Å². The maximum Gasteiger partial charge on any atom is 0.106 e. The summed E-state index contributed by atoms with van der Waals surface area (Å²) in [5.41, 5.74) is 1.14. The van der Waals surface area contributed by atoms with Gasteiger partial charge >= 0.3 is 0 Å². The zero-order valence-corrected chi connectivity index (χ0v) is 10.2. The number of ether oxygens (including phenoxy) is 2. The third-order valence-corrected chi connectivity index (χ3v) is 3.07. The van der Waals surface area contributed by atoms with Crippen LogP contribution in [0.15, 0.2) is 24.3 Å². The third-order valence-electron chi connectivity index (χ3n) is 2.82. The van der Waals surface area contributed by atoms with E-state index in [4.69, 9.17) is 21.1 Å². The van der Waals surface area contributed by atoms with Gasteiger partial charge in [-0.15, -0.1) is 0 Å². The Hall–Kier alpha value is -0.570. The Labute approximate surface area is 102 Å². The molecule has 1 aromatic carbocycles. The predicted octanol–water partition coefficient (Wildman–Crippen LogP) is 3.60. The van der Waals surface area contributed by atoms with Crippen molar-refractivity contribution >= 4 is 11.6 Å². The van der Waals surface area contributed by atoms with Gasteiger partial charge in [-0.3, -0.25) is 0 Å². The molecule has 1 aromatic rings. The highest BCUT2D eigenvalue weighted by atomic mass is 35.5. The van der Waals surface area contributed by atoms with E-state index in [0.29, 0.717) is 13.2 Å². The molecule has 0 bridgehead atoms. The molecular formula is C13H17ClO2. The number of halogens is 1. The largest absolute Gasteiger partial charge is 0.373 e. The van der Waals surface area contributed by atoms with E-state index in [1.165, 1.54) is 0 Å². The van der Waals surface area contributed by atoms with Gasteiger partial charge < -0.3 is 9.47 Å². The van der Waals surface area contributed by atoms with E-state index >= 15 is 0 Å². The Kier molecular flexibility index (Phi) is 4.22. The van der Waals surface area contributed by atoms with Crippen molar-refractivity contribution in [2.45, 2.75) is 32.0 Å². The second kappa shape index (κ2) is 5.67. The smallest absolute Gasteiger partial charge is 0.106 e. The third kappa shape index (κ3) is 2.97. The molecule has 0 aromatic heterocycles. The van der Waals surface area contributed by atoms with E-state index in [9.17, 15) is 0 Å². The molecule has 3 heteroatoms. The van der Waals surface area contributed by atoms with Crippen molar-refractivity contribution in [3.05, 3.63) is 34.9 Å². The fraction of sp³-hybridized carbons (Fsp3) is 0.538. The summed E-state index contributed by atoms with van der Waals surface area (Å²) < 4.78 is 11.6. The molecule has 2 rings (SSSR count). The SMILES string of the molecule is CCCC1COC(c2ccc(Cl)cc2)CO1. The molecule has 0 spiro atoms. The summed E-state index contributed by atoms with van der Waals surface area (Å²) in [6.45, 7) is 3.50. The van der Waals surface area contributed by atoms with Gasteiger partial charge in [0.2, 0.25) is 0 Å². The van der Waals surface area contributed by atoms with Crippen LogP contribution in [0.2, 0.25) is 5.02 Å². The van der Waals surface area contributed by atoms with Crippen LogP contribution in [0.4, 0.5) is 0 Å². The first-order chi connectivity index (χ1) is 7.79. The van der Waals surface area contributed by atoms with Gasteiger partial charge in [-0.2, -0.15) is 0 Å². The van der Waals surface area contributed by atoms with Crippen LogP contribution >= 0.6 is 11.6 Å². The van der Waals surface area contributed by atoms with E-state index in [2.05, 4.69) is 6.92 Å². The fourth-order valence-electron chi connectivity index (χ4n) is 1.90. The van der Waals surface area contributed by atoms with Crippen molar-refractivity contribution in [1.29, 1.82) is 0 Å². The maximum atomic E-state index is 5.84. The molecule has 1 aliphatic rings. The lowest BCUT2D eigenvalue weighted by Gasteiger charge is -2.29. The van der Waals surface area contributed by atoms with Crippen molar-refractivity contribution in [3.8, 4) is 0 Å². The Balaban J connectivity index is 1.91. The van der Waals surface area contributed by atoms with Crippen molar-refractivity contribution < 1.29 is 9.47 Å². The second-order valence-electron chi connectivity index (χ2n) is 4.12. The first-order valence-corrected chi connectivity index (χ1v) is 6.16. The molecule has 0 N–H and O–H groups in total. The number of rotatable bonds is 3. The Bertz CT molecular complexity index is 315. The van der Waals surface area contributed by atoms with Gasteiger partial charge in [0, 0.05) is 5.02 Å². The number of benzene rings is 1. The van der Waals surface area contributed by atoms with Gasteiger partial charge in [0.15, 0.2) is 0 Å². The highest BCUT2D eigenvalue weighted by Gasteiger charge is 2.22. The fourth-order valence-corrected chi connectivity index (χ4v) is 2.03. The average Bonchev–Trinajstić information content (AvgIpc) is 2.32. The molecule has 16 heavy (non-hydrogen) atoms. The van der Waals surface area contributed by atoms with Gasteiger partial charge in [0.05, 0.1) is 19.3 Å². The minimum absolute atomic E-state index is 0.0605. The lowest BCUT2D eigenvalue weighted by molar-refractivity contribution is -0.137. The molecule has 2 unspecified atom stereocenters. The normalized spacial score (nSPS) is 25.6. The average molecular weight is 241 g/mol. The first-order valence-electron chi connectivity index (χ1n) is 5.78. The molecule has 2 atom stereocenters. The monoisotopic (exact) mass is 240 g/mol. The Morgan fingerprint density at radius 1 is 1.19 bits per heavy atom. The molecule has 2 nitrogen and oxygen atoms in total. The summed E-state index contributed by atoms with van der Waals surface area (Å²) in [7, 11) is 0. The quantitative estimate of drug-likeness (QED) is 0.804. The summed E-state index contributed by atoms with van der Waals surface area (Å²) in [5, 5.41) is 0.754. The zero-order valence-electron chi connectivity index (χ0n) is 9.49.